The average Bonchev–Trinajstić information content (AvgIpc) is 3.06. The molecule has 0 radical (unpaired) electrons. The monoisotopic (exact) mass is 308 g/mol. The Morgan fingerprint density at radius 3 is 2.05 bits per heavy atom. The van der Waals surface area contributed by atoms with E-state index in [0.717, 1.165) is 0 Å². The zero-order valence-electron chi connectivity index (χ0n) is 11.7. The molecular weight excluding hydrogens is 292 g/mol. The molecule has 0 bridgehead atoms. The lowest BCUT2D eigenvalue weighted by Crippen LogP contribution is -2.16. The maximum Gasteiger partial charge on any atom is 0.111 e. The van der Waals surface area contributed by atoms with Gasteiger partial charge < -0.3 is 0 Å². The van der Waals surface area contributed by atoms with Gasteiger partial charge in [0.1, 0.15) is 4.08 Å². The summed E-state index contributed by atoms with van der Waals surface area (Å²) in [6.45, 7) is 0. The van der Waals surface area contributed by atoms with Gasteiger partial charge in [-0.25, -0.2) is 0 Å². The van der Waals surface area contributed by atoms with Gasteiger partial charge in [0, 0.05) is 11.5 Å². The molecule has 0 aromatic heterocycles. The first kappa shape index (κ1) is 13.3. The van der Waals surface area contributed by atoms with Crippen molar-refractivity contribution in [2.24, 2.45) is 0 Å². The average molecular weight is 308 g/mol. The number of thioether (sulfide) groups is 2. The Morgan fingerprint density at radius 1 is 0.619 bits per heavy atom. The summed E-state index contributed by atoms with van der Waals surface area (Å²) in [6, 6.07) is 26.5. The molecule has 1 saturated heterocycles. The second-order valence-corrected chi connectivity index (χ2v) is 8.12. The van der Waals surface area contributed by atoms with Crippen molar-refractivity contribution in [2.45, 2.75) is 4.08 Å². The Balaban J connectivity index is 1.90. The van der Waals surface area contributed by atoms with Crippen LogP contribution in [-0.4, -0.2) is 11.5 Å². The SMILES string of the molecule is c1ccc(C2(c3ccc4ccccc4c3)SCCS2)cc1. The van der Waals surface area contributed by atoms with E-state index in [1.54, 1.807) is 0 Å². The van der Waals surface area contributed by atoms with Crippen LogP contribution in [0.25, 0.3) is 10.8 Å². The number of hydrogen-bond donors (Lipinski definition) is 0. The van der Waals surface area contributed by atoms with Crippen LogP contribution in [0, 0.1) is 0 Å². The first-order valence-electron chi connectivity index (χ1n) is 7.21. The van der Waals surface area contributed by atoms with Gasteiger partial charge in [-0.2, -0.15) is 0 Å². The summed E-state index contributed by atoms with van der Waals surface area (Å²) in [6.07, 6.45) is 0. The first-order chi connectivity index (χ1) is 10.4. The molecule has 4 rings (SSSR count). The van der Waals surface area contributed by atoms with Gasteiger partial charge in [0.25, 0.3) is 0 Å². The zero-order valence-corrected chi connectivity index (χ0v) is 13.3. The molecule has 1 aliphatic rings. The summed E-state index contributed by atoms with van der Waals surface area (Å²) in [4.78, 5) is 0. The van der Waals surface area contributed by atoms with Crippen LogP contribution in [0.2, 0.25) is 0 Å². The van der Waals surface area contributed by atoms with Crippen molar-refractivity contribution in [3.8, 4) is 0 Å². The van der Waals surface area contributed by atoms with Crippen molar-refractivity contribution in [2.75, 3.05) is 11.5 Å². The minimum atomic E-state index is 0.0608. The molecule has 2 heteroatoms. The van der Waals surface area contributed by atoms with Crippen LogP contribution in [0.4, 0.5) is 0 Å². The molecular formula is C19H16S2. The smallest absolute Gasteiger partial charge is 0.111 e. The molecule has 1 fully saturated rings. The number of hydrogen-bond acceptors (Lipinski definition) is 2. The molecule has 0 atom stereocenters. The van der Waals surface area contributed by atoms with Crippen LogP contribution in [0.1, 0.15) is 11.1 Å². The summed E-state index contributed by atoms with van der Waals surface area (Å²) >= 11 is 4.14. The van der Waals surface area contributed by atoms with Crippen molar-refractivity contribution >= 4 is 34.3 Å². The minimum Gasteiger partial charge on any atom is -0.134 e. The molecule has 1 aliphatic heterocycles. The van der Waals surface area contributed by atoms with E-state index in [-0.39, 0.29) is 4.08 Å². The summed E-state index contributed by atoms with van der Waals surface area (Å²) in [7, 11) is 0. The Morgan fingerprint density at radius 2 is 1.29 bits per heavy atom. The van der Waals surface area contributed by atoms with E-state index in [9.17, 15) is 0 Å². The largest absolute Gasteiger partial charge is 0.134 e. The van der Waals surface area contributed by atoms with Crippen molar-refractivity contribution in [1.82, 2.24) is 0 Å². The Bertz CT molecular complexity index is 759. The lowest BCUT2D eigenvalue weighted by Gasteiger charge is -2.29. The predicted octanol–water partition coefficient (Wildman–Crippen LogP) is 5.52. The highest BCUT2D eigenvalue weighted by Crippen LogP contribution is 2.56. The molecule has 1 heterocycles. The molecule has 3 aromatic carbocycles. The second kappa shape index (κ2) is 5.43. The van der Waals surface area contributed by atoms with Crippen LogP contribution < -0.4 is 0 Å². The summed E-state index contributed by atoms with van der Waals surface area (Å²) in [5.74, 6) is 2.43. The minimum absolute atomic E-state index is 0.0608. The van der Waals surface area contributed by atoms with E-state index in [2.05, 4.69) is 96.3 Å². The molecule has 0 unspecified atom stereocenters. The van der Waals surface area contributed by atoms with Crippen LogP contribution in [0.15, 0.2) is 72.8 Å². The van der Waals surface area contributed by atoms with E-state index in [1.165, 1.54) is 33.4 Å². The van der Waals surface area contributed by atoms with Crippen molar-refractivity contribution in [3.63, 3.8) is 0 Å². The third kappa shape index (κ3) is 2.27. The van der Waals surface area contributed by atoms with Crippen LogP contribution >= 0.6 is 23.5 Å². The van der Waals surface area contributed by atoms with Gasteiger partial charge in [0.15, 0.2) is 0 Å². The molecule has 21 heavy (non-hydrogen) atoms. The van der Waals surface area contributed by atoms with E-state index < -0.39 is 0 Å². The Kier molecular flexibility index (Phi) is 3.44. The van der Waals surface area contributed by atoms with E-state index in [1.807, 2.05) is 0 Å². The number of benzene rings is 3. The van der Waals surface area contributed by atoms with Gasteiger partial charge in [-0.05, 0) is 28.0 Å². The Hall–Kier alpha value is -1.38. The van der Waals surface area contributed by atoms with Crippen molar-refractivity contribution in [3.05, 3.63) is 83.9 Å². The standard InChI is InChI=1S/C19H16S2/c1-2-8-17(9-3-1)19(20-12-13-21-19)18-11-10-15-6-4-5-7-16(15)14-18/h1-11,14H,12-13H2. The predicted molar refractivity (Wildman–Crippen MR) is 96.1 cm³/mol. The molecule has 0 spiro atoms. The normalized spacial score (nSPS) is 17.1. The van der Waals surface area contributed by atoms with Crippen LogP contribution in [-0.2, 0) is 4.08 Å². The van der Waals surface area contributed by atoms with Gasteiger partial charge in [-0.15, -0.1) is 23.5 Å². The molecule has 104 valence electrons. The lowest BCUT2D eigenvalue weighted by atomic mass is 10.00. The maximum atomic E-state index is 2.37. The highest BCUT2D eigenvalue weighted by atomic mass is 32.2. The Labute approximate surface area is 134 Å². The third-order valence-electron chi connectivity index (χ3n) is 3.98. The van der Waals surface area contributed by atoms with Gasteiger partial charge in [0.05, 0.1) is 0 Å². The molecule has 0 saturated carbocycles. The fourth-order valence-electron chi connectivity index (χ4n) is 2.96. The van der Waals surface area contributed by atoms with E-state index >= 15 is 0 Å². The van der Waals surface area contributed by atoms with E-state index in [0.29, 0.717) is 0 Å². The van der Waals surface area contributed by atoms with Crippen LogP contribution in [0.5, 0.6) is 0 Å². The number of fused-ring (bicyclic) bond motifs is 1. The third-order valence-corrected chi connectivity index (χ3v) is 7.52. The fraction of sp³-hybridized carbons (Fsp3) is 0.158. The molecule has 0 N–H and O–H groups in total. The highest BCUT2D eigenvalue weighted by molar-refractivity contribution is 8.20. The topological polar surface area (TPSA) is 0 Å². The van der Waals surface area contributed by atoms with Gasteiger partial charge >= 0.3 is 0 Å². The van der Waals surface area contributed by atoms with Gasteiger partial charge in [-0.3, -0.25) is 0 Å². The molecule has 3 aromatic rings. The van der Waals surface area contributed by atoms with Gasteiger partial charge in [-0.1, -0.05) is 66.7 Å². The van der Waals surface area contributed by atoms with Crippen LogP contribution in [0.3, 0.4) is 0 Å². The van der Waals surface area contributed by atoms with Crippen molar-refractivity contribution in [1.29, 1.82) is 0 Å². The quantitative estimate of drug-likeness (QED) is 0.611. The summed E-state index contributed by atoms with van der Waals surface area (Å²) in [5, 5.41) is 2.65. The lowest BCUT2D eigenvalue weighted by molar-refractivity contribution is 1.09. The number of rotatable bonds is 2. The molecule has 0 amide bonds. The summed E-state index contributed by atoms with van der Waals surface area (Å²) < 4.78 is 0.0608. The first-order valence-corrected chi connectivity index (χ1v) is 9.18. The molecule has 0 aliphatic carbocycles. The molecule has 0 nitrogen and oxygen atoms in total. The second-order valence-electron chi connectivity index (χ2n) is 5.24. The van der Waals surface area contributed by atoms with Crippen molar-refractivity contribution < 1.29 is 0 Å². The fourth-order valence-corrected chi connectivity index (χ4v) is 6.23. The highest BCUT2D eigenvalue weighted by Gasteiger charge is 2.39. The van der Waals surface area contributed by atoms with Gasteiger partial charge in [0.2, 0.25) is 0 Å². The van der Waals surface area contributed by atoms with E-state index in [4.69, 9.17) is 0 Å². The zero-order chi connectivity index (χ0) is 14.1. The summed E-state index contributed by atoms with van der Waals surface area (Å²) in [5.41, 5.74) is 2.83. The maximum absolute atomic E-state index is 2.37.